The molecule has 2 aliphatic carbocycles. The fourth-order valence-corrected chi connectivity index (χ4v) is 4.46. The summed E-state index contributed by atoms with van der Waals surface area (Å²) in [7, 11) is 0. The Labute approximate surface area is 122 Å². The summed E-state index contributed by atoms with van der Waals surface area (Å²) in [5.41, 5.74) is 4.88. The lowest BCUT2D eigenvalue weighted by Gasteiger charge is -2.48. The second-order valence-electron chi connectivity index (χ2n) is 7.74. The molecule has 0 spiro atoms. The summed E-state index contributed by atoms with van der Waals surface area (Å²) in [6.07, 6.45) is 9.93. The molecule has 1 fully saturated rings. The molecule has 2 atom stereocenters. The molecule has 0 aromatic heterocycles. The molecule has 2 unspecified atom stereocenters. The molecule has 114 valence electrons. The van der Waals surface area contributed by atoms with Crippen LogP contribution in [0.25, 0.3) is 0 Å². The van der Waals surface area contributed by atoms with Crippen molar-refractivity contribution >= 4 is 5.91 Å². The number of nitrogens with two attached hydrogens (primary N) is 1. The van der Waals surface area contributed by atoms with Gasteiger partial charge in [-0.1, -0.05) is 46.0 Å². The van der Waals surface area contributed by atoms with Crippen molar-refractivity contribution in [1.29, 1.82) is 0 Å². The Kier molecular flexibility index (Phi) is 4.17. The number of carbonyl (C=O) groups is 1. The summed E-state index contributed by atoms with van der Waals surface area (Å²) in [6.45, 7) is 6.22. The maximum atomic E-state index is 12.0. The van der Waals surface area contributed by atoms with E-state index >= 15 is 0 Å². The van der Waals surface area contributed by atoms with Gasteiger partial charge in [0.2, 0.25) is 5.91 Å². The predicted molar refractivity (Wildman–Crippen MR) is 81.1 cm³/mol. The van der Waals surface area contributed by atoms with Gasteiger partial charge in [0.15, 0.2) is 0 Å². The van der Waals surface area contributed by atoms with Crippen LogP contribution in [0.2, 0.25) is 0 Å². The lowest BCUT2D eigenvalue weighted by atomic mass is 9.56. The van der Waals surface area contributed by atoms with Gasteiger partial charge in [-0.25, -0.2) is 0 Å². The molecule has 0 radical (unpaired) electrons. The van der Waals surface area contributed by atoms with Gasteiger partial charge < -0.3 is 10.8 Å². The fourth-order valence-electron chi connectivity index (χ4n) is 4.46. The number of rotatable bonds is 3. The third kappa shape index (κ3) is 2.87. The molecule has 0 aliphatic heterocycles. The van der Waals surface area contributed by atoms with Gasteiger partial charge in [-0.3, -0.25) is 4.79 Å². The van der Waals surface area contributed by atoms with Crippen LogP contribution >= 0.6 is 0 Å². The zero-order chi connectivity index (χ0) is 15.0. The molecule has 20 heavy (non-hydrogen) atoms. The highest BCUT2D eigenvalue weighted by atomic mass is 16.3. The van der Waals surface area contributed by atoms with Crippen molar-refractivity contribution in [3.63, 3.8) is 0 Å². The van der Waals surface area contributed by atoms with E-state index in [9.17, 15) is 9.90 Å². The Morgan fingerprint density at radius 3 is 2.45 bits per heavy atom. The third-order valence-corrected chi connectivity index (χ3v) is 5.60. The summed E-state index contributed by atoms with van der Waals surface area (Å²) in [5, 5.41) is 10.0. The van der Waals surface area contributed by atoms with E-state index in [0.29, 0.717) is 18.1 Å². The zero-order valence-corrected chi connectivity index (χ0v) is 13.1. The van der Waals surface area contributed by atoms with Crippen LogP contribution in [-0.2, 0) is 4.79 Å². The van der Waals surface area contributed by atoms with Crippen molar-refractivity contribution in [2.24, 2.45) is 28.4 Å². The van der Waals surface area contributed by atoms with Crippen molar-refractivity contribution < 1.29 is 9.90 Å². The molecule has 0 heterocycles. The van der Waals surface area contributed by atoms with Crippen LogP contribution < -0.4 is 5.73 Å². The van der Waals surface area contributed by atoms with Gasteiger partial charge in [0.1, 0.15) is 0 Å². The number of aliphatic hydroxyl groups excluding tert-OH is 1. The largest absolute Gasteiger partial charge is 0.513 e. The lowest BCUT2D eigenvalue weighted by molar-refractivity contribution is -0.131. The molecule has 0 saturated heterocycles. The summed E-state index contributed by atoms with van der Waals surface area (Å²) in [6, 6.07) is 0. The predicted octanol–water partition coefficient (Wildman–Crippen LogP) is 3.94. The van der Waals surface area contributed by atoms with Gasteiger partial charge in [0, 0.05) is 6.42 Å². The van der Waals surface area contributed by atoms with E-state index in [1.807, 2.05) is 6.92 Å². The number of primary amides is 1. The molecule has 1 amide bonds. The molecule has 2 rings (SSSR count). The second-order valence-corrected chi connectivity index (χ2v) is 7.74. The summed E-state index contributed by atoms with van der Waals surface area (Å²) in [5.74, 6) is 0.931. The van der Waals surface area contributed by atoms with Gasteiger partial charge in [-0.05, 0) is 36.7 Å². The van der Waals surface area contributed by atoms with Gasteiger partial charge in [-0.15, -0.1) is 0 Å². The van der Waals surface area contributed by atoms with E-state index in [0.717, 1.165) is 6.42 Å². The molecule has 3 N–H and O–H groups in total. The van der Waals surface area contributed by atoms with E-state index in [-0.39, 0.29) is 17.2 Å². The average molecular weight is 279 g/mol. The molecular formula is C17H29NO2. The molecule has 3 nitrogen and oxygen atoms in total. The number of aliphatic hydroxyl groups is 1. The zero-order valence-electron chi connectivity index (χ0n) is 13.1. The quantitative estimate of drug-likeness (QED) is 0.822. The van der Waals surface area contributed by atoms with E-state index in [2.05, 4.69) is 13.8 Å². The standard InChI is InChI=1S/C17H29NO2/c1-16(2)10-13(19)11-17(3,15(18)20)14(16)9-12-7-5-4-6-8-12/h11-12,14,19H,4-10H2,1-3H3,(H2,18,20). The van der Waals surface area contributed by atoms with Gasteiger partial charge in [0.05, 0.1) is 11.2 Å². The Morgan fingerprint density at radius 1 is 1.30 bits per heavy atom. The fraction of sp³-hybridized carbons (Fsp3) is 0.824. The number of carbonyl (C=O) groups excluding carboxylic acids is 1. The van der Waals surface area contributed by atoms with Crippen LogP contribution in [0.4, 0.5) is 0 Å². The first kappa shape index (κ1) is 15.4. The Balaban J connectivity index is 2.27. The highest BCUT2D eigenvalue weighted by molar-refractivity contribution is 5.83. The average Bonchev–Trinajstić information content (AvgIpc) is 2.34. The molecule has 1 saturated carbocycles. The molecule has 0 bridgehead atoms. The SMILES string of the molecule is CC1(C)CC(O)=CC(C)(C(N)=O)C1CC1CCCCC1. The minimum absolute atomic E-state index is 0.0833. The highest BCUT2D eigenvalue weighted by Gasteiger charge is 2.50. The van der Waals surface area contributed by atoms with E-state index in [1.54, 1.807) is 6.08 Å². The van der Waals surface area contributed by atoms with Crippen molar-refractivity contribution in [2.45, 2.75) is 65.7 Å². The van der Waals surface area contributed by atoms with Crippen molar-refractivity contribution in [3.8, 4) is 0 Å². The van der Waals surface area contributed by atoms with Crippen LogP contribution in [-0.4, -0.2) is 11.0 Å². The van der Waals surface area contributed by atoms with E-state index in [4.69, 9.17) is 5.73 Å². The van der Waals surface area contributed by atoms with E-state index in [1.165, 1.54) is 32.1 Å². The van der Waals surface area contributed by atoms with Crippen LogP contribution in [0.3, 0.4) is 0 Å². The minimum atomic E-state index is -0.719. The monoisotopic (exact) mass is 279 g/mol. The van der Waals surface area contributed by atoms with Crippen LogP contribution in [0.5, 0.6) is 0 Å². The van der Waals surface area contributed by atoms with Crippen LogP contribution in [0, 0.1) is 22.7 Å². The van der Waals surface area contributed by atoms with Gasteiger partial charge >= 0.3 is 0 Å². The highest BCUT2D eigenvalue weighted by Crippen LogP contribution is 2.53. The summed E-state index contributed by atoms with van der Waals surface area (Å²) < 4.78 is 0. The van der Waals surface area contributed by atoms with Crippen LogP contribution in [0.15, 0.2) is 11.8 Å². The van der Waals surface area contributed by atoms with Crippen molar-refractivity contribution in [3.05, 3.63) is 11.8 Å². The third-order valence-electron chi connectivity index (χ3n) is 5.60. The summed E-state index contributed by atoms with van der Waals surface area (Å²) in [4.78, 5) is 12.0. The first-order valence-corrected chi connectivity index (χ1v) is 7.96. The first-order valence-electron chi connectivity index (χ1n) is 7.96. The Hall–Kier alpha value is -0.990. The molecule has 2 aliphatic rings. The van der Waals surface area contributed by atoms with E-state index < -0.39 is 5.41 Å². The number of amides is 1. The Morgan fingerprint density at radius 2 is 1.90 bits per heavy atom. The molecule has 0 aromatic carbocycles. The minimum Gasteiger partial charge on any atom is -0.513 e. The molecule has 0 aromatic rings. The maximum absolute atomic E-state index is 12.0. The number of allylic oxidation sites excluding steroid dienone is 1. The smallest absolute Gasteiger partial charge is 0.227 e. The van der Waals surface area contributed by atoms with Crippen molar-refractivity contribution in [2.75, 3.05) is 0 Å². The maximum Gasteiger partial charge on any atom is 0.227 e. The molecular weight excluding hydrogens is 250 g/mol. The molecule has 3 heteroatoms. The Bertz CT molecular complexity index is 407. The first-order chi connectivity index (χ1) is 9.25. The number of hydrogen-bond acceptors (Lipinski definition) is 2. The van der Waals surface area contributed by atoms with Crippen LogP contribution in [0.1, 0.15) is 65.7 Å². The van der Waals surface area contributed by atoms with Crippen molar-refractivity contribution in [1.82, 2.24) is 0 Å². The normalized spacial score (nSPS) is 34.5. The summed E-state index contributed by atoms with van der Waals surface area (Å²) >= 11 is 0. The number of hydrogen-bond donors (Lipinski definition) is 2. The second kappa shape index (κ2) is 5.42. The van der Waals surface area contributed by atoms with Gasteiger partial charge in [0.25, 0.3) is 0 Å². The lowest BCUT2D eigenvalue weighted by Crippen LogP contribution is -2.49. The van der Waals surface area contributed by atoms with Gasteiger partial charge in [-0.2, -0.15) is 0 Å². The topological polar surface area (TPSA) is 63.3 Å².